The van der Waals surface area contributed by atoms with Gasteiger partial charge in [-0.15, -0.1) is 0 Å². The molecule has 0 aromatic carbocycles. The van der Waals surface area contributed by atoms with E-state index in [2.05, 4.69) is 0 Å². The van der Waals surface area contributed by atoms with Gasteiger partial charge in [-0.3, -0.25) is 25.0 Å². The molecule has 0 saturated carbocycles. The van der Waals surface area contributed by atoms with Crippen molar-refractivity contribution in [2.24, 2.45) is 7.05 Å². The molecular formula is C7H9N3O5. The normalized spacial score (nSPS) is 8.67. The highest BCUT2D eigenvalue weighted by Gasteiger charge is 2.10. The van der Waals surface area contributed by atoms with Crippen molar-refractivity contribution in [1.29, 1.82) is 0 Å². The molecule has 0 N–H and O–H groups in total. The van der Waals surface area contributed by atoms with Gasteiger partial charge in [0.05, 0.1) is 4.92 Å². The molecule has 1 aromatic heterocycles. The third kappa shape index (κ3) is 4.50. The van der Waals surface area contributed by atoms with Gasteiger partial charge in [-0.2, -0.15) is 0 Å². The molecule has 15 heavy (non-hydrogen) atoms. The van der Waals surface area contributed by atoms with E-state index in [-0.39, 0.29) is 0 Å². The van der Waals surface area contributed by atoms with E-state index < -0.39 is 21.1 Å². The van der Waals surface area contributed by atoms with Crippen LogP contribution in [0, 0.1) is 20.2 Å². The molecule has 1 aromatic rings. The van der Waals surface area contributed by atoms with E-state index in [0.29, 0.717) is 0 Å². The van der Waals surface area contributed by atoms with Gasteiger partial charge in [0.1, 0.15) is 0 Å². The quantitative estimate of drug-likeness (QED) is 0.490. The molecule has 0 unspecified atom stereocenters. The van der Waals surface area contributed by atoms with Gasteiger partial charge in [0, 0.05) is 24.2 Å². The van der Waals surface area contributed by atoms with Crippen LogP contribution in [0.15, 0.2) is 23.1 Å². The fourth-order valence-corrected chi connectivity index (χ4v) is 0.722. The molecule has 0 aliphatic carbocycles. The second-order valence-corrected chi connectivity index (χ2v) is 2.51. The minimum absolute atomic E-state index is 0.394. The highest BCUT2D eigenvalue weighted by atomic mass is 16.6. The van der Waals surface area contributed by atoms with Crippen molar-refractivity contribution in [2.75, 3.05) is 7.05 Å². The largest absolute Gasteiger partial charge is 0.334 e. The van der Waals surface area contributed by atoms with E-state index in [1.807, 2.05) is 0 Å². The van der Waals surface area contributed by atoms with E-state index in [1.165, 1.54) is 25.4 Å². The van der Waals surface area contributed by atoms with Gasteiger partial charge < -0.3 is 4.57 Å². The summed E-state index contributed by atoms with van der Waals surface area (Å²) in [5.41, 5.74) is -0.979. The molecule has 0 radical (unpaired) electrons. The van der Waals surface area contributed by atoms with E-state index in [4.69, 9.17) is 10.1 Å². The van der Waals surface area contributed by atoms with Gasteiger partial charge in [0.2, 0.25) is 0 Å². The Hall–Kier alpha value is -2.25. The van der Waals surface area contributed by atoms with Crippen molar-refractivity contribution in [3.05, 3.63) is 48.9 Å². The van der Waals surface area contributed by atoms with Crippen molar-refractivity contribution in [3.8, 4) is 0 Å². The monoisotopic (exact) mass is 215 g/mol. The van der Waals surface area contributed by atoms with E-state index in [9.17, 15) is 14.9 Å². The average Bonchev–Trinajstić information content (AvgIpc) is 2.08. The summed E-state index contributed by atoms with van der Waals surface area (Å²) in [5.74, 6) is 0. The first-order chi connectivity index (χ1) is 6.86. The predicted octanol–water partition coefficient (Wildman–Crippen LogP) is 0.186. The zero-order valence-electron chi connectivity index (χ0n) is 8.11. The van der Waals surface area contributed by atoms with Gasteiger partial charge >= 0.3 is 11.2 Å². The fraction of sp³-hybridized carbons (Fsp3) is 0.286. The van der Waals surface area contributed by atoms with Gasteiger partial charge in [0.15, 0.2) is 7.05 Å². The number of aryl methyl sites for hydroxylation is 1. The summed E-state index contributed by atoms with van der Waals surface area (Å²) in [7, 11) is 2.36. The average molecular weight is 215 g/mol. The van der Waals surface area contributed by atoms with Gasteiger partial charge in [-0.05, 0) is 6.07 Å². The maximum Gasteiger partial charge on any atom is 0.334 e. The lowest BCUT2D eigenvalue weighted by Crippen LogP contribution is -2.18. The Morgan fingerprint density at radius 1 is 1.33 bits per heavy atom. The first kappa shape index (κ1) is 12.8. The number of rotatable bonds is 1. The standard InChI is InChI=1S/C6H6N2O3.CH3NO2/c1-7-4-2-3-5(6(7)9)8(10)11;1-2(3)4/h2-4H,1H3;1H3. The van der Waals surface area contributed by atoms with Crippen LogP contribution in [0.25, 0.3) is 0 Å². The molecule has 1 rings (SSSR count). The zero-order chi connectivity index (χ0) is 12.0. The Morgan fingerprint density at radius 3 is 2.13 bits per heavy atom. The first-order valence-electron chi connectivity index (χ1n) is 3.74. The molecule has 0 atom stereocenters. The van der Waals surface area contributed by atoms with Crippen molar-refractivity contribution in [1.82, 2.24) is 4.57 Å². The highest BCUT2D eigenvalue weighted by Crippen LogP contribution is 1.99. The third-order valence-electron chi connectivity index (χ3n) is 1.30. The Kier molecular flexibility index (Phi) is 4.65. The molecule has 0 fully saturated rings. The maximum atomic E-state index is 10.9. The smallest absolute Gasteiger partial charge is 0.313 e. The molecule has 0 aliphatic heterocycles. The minimum atomic E-state index is -0.692. The maximum absolute atomic E-state index is 10.9. The second-order valence-electron chi connectivity index (χ2n) is 2.51. The Bertz CT molecular complexity index is 421. The van der Waals surface area contributed by atoms with Crippen LogP contribution in [0.3, 0.4) is 0 Å². The lowest BCUT2D eigenvalue weighted by molar-refractivity contribution is -0.445. The molecule has 0 amide bonds. The van der Waals surface area contributed by atoms with Crippen LogP contribution in [0.5, 0.6) is 0 Å². The molecular weight excluding hydrogens is 206 g/mol. The lowest BCUT2D eigenvalue weighted by Gasteiger charge is -1.93. The molecule has 0 bridgehead atoms. The van der Waals surface area contributed by atoms with Crippen LogP contribution in [0.2, 0.25) is 0 Å². The topological polar surface area (TPSA) is 108 Å². The van der Waals surface area contributed by atoms with Crippen molar-refractivity contribution in [2.45, 2.75) is 0 Å². The third-order valence-corrected chi connectivity index (χ3v) is 1.30. The van der Waals surface area contributed by atoms with Crippen LogP contribution in [-0.2, 0) is 7.05 Å². The minimum Gasteiger partial charge on any atom is -0.313 e. The van der Waals surface area contributed by atoms with E-state index in [0.717, 1.165) is 11.6 Å². The number of nitrogens with zero attached hydrogens (tertiary/aromatic N) is 3. The van der Waals surface area contributed by atoms with Crippen molar-refractivity contribution in [3.63, 3.8) is 0 Å². The molecule has 0 aliphatic rings. The summed E-state index contributed by atoms with van der Waals surface area (Å²) in [5, 5.41) is 19.0. The molecule has 1 heterocycles. The van der Waals surface area contributed by atoms with E-state index >= 15 is 0 Å². The van der Waals surface area contributed by atoms with Gasteiger partial charge in [-0.25, -0.2) is 0 Å². The van der Waals surface area contributed by atoms with Gasteiger partial charge in [0.25, 0.3) is 0 Å². The molecule has 82 valence electrons. The summed E-state index contributed by atoms with van der Waals surface area (Å²) in [4.78, 5) is 28.7. The van der Waals surface area contributed by atoms with Crippen LogP contribution < -0.4 is 5.56 Å². The highest BCUT2D eigenvalue weighted by molar-refractivity contribution is 5.24. The molecule has 8 nitrogen and oxygen atoms in total. The number of hydrogen-bond acceptors (Lipinski definition) is 5. The molecule has 0 saturated heterocycles. The first-order valence-corrected chi connectivity index (χ1v) is 3.74. The van der Waals surface area contributed by atoms with Crippen molar-refractivity contribution < 1.29 is 9.85 Å². The van der Waals surface area contributed by atoms with Crippen LogP contribution in [-0.4, -0.2) is 21.5 Å². The fourth-order valence-electron chi connectivity index (χ4n) is 0.722. The lowest BCUT2D eigenvalue weighted by atomic mass is 10.4. The van der Waals surface area contributed by atoms with E-state index in [1.54, 1.807) is 0 Å². The zero-order valence-corrected chi connectivity index (χ0v) is 8.11. The van der Waals surface area contributed by atoms with Gasteiger partial charge in [-0.1, -0.05) is 0 Å². The number of pyridine rings is 1. The number of hydrogen-bond donors (Lipinski definition) is 0. The van der Waals surface area contributed by atoms with Crippen LogP contribution in [0.4, 0.5) is 5.69 Å². The summed E-state index contributed by atoms with van der Waals surface area (Å²) >= 11 is 0. The number of nitro groups is 2. The Balaban J connectivity index is 0.000000423. The van der Waals surface area contributed by atoms with Crippen LogP contribution >= 0.6 is 0 Å². The van der Waals surface area contributed by atoms with Crippen LogP contribution in [0.1, 0.15) is 0 Å². The summed E-state index contributed by atoms with van der Waals surface area (Å²) in [6, 6.07) is 2.64. The molecule has 0 spiro atoms. The summed E-state index contributed by atoms with van der Waals surface area (Å²) in [6.45, 7) is 0. The Labute approximate surface area is 84.1 Å². The number of aromatic nitrogens is 1. The van der Waals surface area contributed by atoms with Crippen molar-refractivity contribution >= 4 is 5.69 Å². The summed E-state index contributed by atoms with van der Waals surface area (Å²) in [6.07, 6.45) is 1.47. The second kappa shape index (κ2) is 5.47. The Morgan fingerprint density at radius 2 is 1.80 bits per heavy atom. The SMILES string of the molecule is C[N+](=O)[O-].Cn1cccc([N+](=O)[O-])c1=O. The molecule has 8 heteroatoms. The predicted molar refractivity (Wildman–Crippen MR) is 51.3 cm³/mol. The summed E-state index contributed by atoms with van der Waals surface area (Å²) < 4.78 is 1.16.